The maximum atomic E-state index is 13.3. The largest absolute Gasteiger partial charge is 0.457 e. The standard InChI is InChI=1S/C16H16FNO2/c1-10-4-3-5-11(2)13(10)9-20-16(19)12-6-7-15(18)14(17)8-12/h3-8H,9,18H2,1-2H3. The number of nitrogens with two attached hydrogens (primary N) is 1. The first-order valence-corrected chi connectivity index (χ1v) is 6.26. The second-order valence-corrected chi connectivity index (χ2v) is 4.68. The second kappa shape index (κ2) is 5.74. The van der Waals surface area contributed by atoms with Gasteiger partial charge >= 0.3 is 5.97 Å². The van der Waals surface area contributed by atoms with Crippen molar-refractivity contribution in [2.45, 2.75) is 20.5 Å². The van der Waals surface area contributed by atoms with Crippen LogP contribution in [0.2, 0.25) is 0 Å². The van der Waals surface area contributed by atoms with Crippen LogP contribution in [0.25, 0.3) is 0 Å². The lowest BCUT2D eigenvalue weighted by Crippen LogP contribution is -2.08. The minimum atomic E-state index is -0.619. The van der Waals surface area contributed by atoms with Gasteiger partial charge in [-0.25, -0.2) is 9.18 Å². The molecule has 0 radical (unpaired) electrons. The van der Waals surface area contributed by atoms with Crippen LogP contribution in [-0.2, 0) is 11.3 Å². The normalized spacial score (nSPS) is 10.3. The van der Waals surface area contributed by atoms with Gasteiger partial charge in [-0.3, -0.25) is 0 Å². The number of esters is 1. The van der Waals surface area contributed by atoms with Gasteiger partial charge < -0.3 is 10.5 Å². The Morgan fingerprint density at radius 1 is 1.20 bits per heavy atom. The van der Waals surface area contributed by atoms with Crippen molar-refractivity contribution < 1.29 is 13.9 Å². The van der Waals surface area contributed by atoms with Crippen molar-refractivity contribution in [1.29, 1.82) is 0 Å². The molecule has 0 aliphatic heterocycles. The molecule has 2 rings (SSSR count). The smallest absolute Gasteiger partial charge is 0.338 e. The highest BCUT2D eigenvalue weighted by Gasteiger charge is 2.11. The molecule has 2 N–H and O–H groups in total. The average molecular weight is 273 g/mol. The Balaban J connectivity index is 2.11. The maximum absolute atomic E-state index is 13.3. The van der Waals surface area contributed by atoms with Crippen LogP contribution in [0.5, 0.6) is 0 Å². The first kappa shape index (κ1) is 14.1. The molecular formula is C16H16FNO2. The number of anilines is 1. The van der Waals surface area contributed by atoms with Crippen LogP contribution in [-0.4, -0.2) is 5.97 Å². The van der Waals surface area contributed by atoms with Gasteiger partial charge in [-0.05, 0) is 48.7 Å². The van der Waals surface area contributed by atoms with Crippen molar-refractivity contribution in [3.63, 3.8) is 0 Å². The van der Waals surface area contributed by atoms with Crippen LogP contribution in [0.1, 0.15) is 27.0 Å². The van der Waals surface area contributed by atoms with Crippen molar-refractivity contribution >= 4 is 11.7 Å². The number of nitrogen functional groups attached to an aromatic ring is 1. The van der Waals surface area contributed by atoms with Crippen LogP contribution < -0.4 is 5.73 Å². The summed E-state index contributed by atoms with van der Waals surface area (Å²) >= 11 is 0. The molecule has 0 heterocycles. The zero-order chi connectivity index (χ0) is 14.7. The lowest BCUT2D eigenvalue weighted by molar-refractivity contribution is 0.0471. The van der Waals surface area contributed by atoms with E-state index in [0.29, 0.717) is 0 Å². The number of hydrogen-bond acceptors (Lipinski definition) is 3. The molecule has 2 aromatic rings. The van der Waals surface area contributed by atoms with Gasteiger partial charge in [-0.15, -0.1) is 0 Å². The molecule has 0 atom stereocenters. The molecule has 104 valence electrons. The van der Waals surface area contributed by atoms with E-state index in [1.807, 2.05) is 32.0 Å². The third-order valence-corrected chi connectivity index (χ3v) is 3.23. The van der Waals surface area contributed by atoms with Crippen molar-refractivity contribution in [2.24, 2.45) is 0 Å². The third kappa shape index (κ3) is 2.96. The Morgan fingerprint density at radius 3 is 2.45 bits per heavy atom. The molecule has 0 fully saturated rings. The van der Waals surface area contributed by atoms with Crippen LogP contribution in [0.15, 0.2) is 36.4 Å². The minimum Gasteiger partial charge on any atom is -0.457 e. The molecule has 0 spiro atoms. The summed E-state index contributed by atoms with van der Waals surface area (Å²) in [4.78, 5) is 11.9. The van der Waals surface area contributed by atoms with E-state index >= 15 is 0 Å². The molecule has 0 bridgehead atoms. The average Bonchev–Trinajstić information content (AvgIpc) is 2.41. The summed E-state index contributed by atoms with van der Waals surface area (Å²) in [6.07, 6.45) is 0. The molecule has 0 aliphatic carbocycles. The highest BCUT2D eigenvalue weighted by atomic mass is 19.1. The predicted octanol–water partition coefficient (Wildman–Crippen LogP) is 3.38. The predicted molar refractivity (Wildman–Crippen MR) is 75.8 cm³/mol. The topological polar surface area (TPSA) is 52.3 Å². The number of carbonyl (C=O) groups is 1. The highest BCUT2D eigenvalue weighted by molar-refractivity contribution is 5.89. The van der Waals surface area contributed by atoms with E-state index in [0.717, 1.165) is 22.8 Å². The van der Waals surface area contributed by atoms with Crippen LogP contribution in [0.4, 0.5) is 10.1 Å². The summed E-state index contributed by atoms with van der Waals surface area (Å²) in [5.41, 5.74) is 8.62. The summed E-state index contributed by atoms with van der Waals surface area (Å²) in [5.74, 6) is -1.18. The molecule has 4 heteroatoms. The number of halogens is 1. The van der Waals surface area contributed by atoms with E-state index in [1.54, 1.807) is 0 Å². The summed E-state index contributed by atoms with van der Waals surface area (Å²) in [6, 6.07) is 9.75. The molecule has 0 unspecified atom stereocenters. The summed E-state index contributed by atoms with van der Waals surface area (Å²) in [7, 11) is 0. The lowest BCUT2D eigenvalue weighted by Gasteiger charge is -2.10. The summed E-state index contributed by atoms with van der Waals surface area (Å²) in [5, 5.41) is 0. The highest BCUT2D eigenvalue weighted by Crippen LogP contribution is 2.17. The number of ether oxygens (including phenoxy) is 1. The molecule has 0 amide bonds. The number of aryl methyl sites for hydroxylation is 2. The number of hydrogen-bond donors (Lipinski definition) is 1. The maximum Gasteiger partial charge on any atom is 0.338 e. The van der Waals surface area contributed by atoms with Gasteiger partial charge in [0.05, 0.1) is 11.3 Å². The monoisotopic (exact) mass is 273 g/mol. The van der Waals surface area contributed by atoms with Crippen molar-refractivity contribution in [2.75, 3.05) is 5.73 Å². The van der Waals surface area contributed by atoms with E-state index in [9.17, 15) is 9.18 Å². The van der Waals surface area contributed by atoms with Gasteiger partial charge in [-0.2, -0.15) is 0 Å². The Morgan fingerprint density at radius 2 is 1.85 bits per heavy atom. The van der Waals surface area contributed by atoms with E-state index in [-0.39, 0.29) is 17.9 Å². The molecule has 0 saturated carbocycles. The molecular weight excluding hydrogens is 257 g/mol. The van der Waals surface area contributed by atoms with Crippen molar-refractivity contribution in [1.82, 2.24) is 0 Å². The molecule has 0 aromatic heterocycles. The number of rotatable bonds is 3. The van der Waals surface area contributed by atoms with Gasteiger partial charge in [0.15, 0.2) is 0 Å². The zero-order valence-electron chi connectivity index (χ0n) is 11.4. The third-order valence-electron chi connectivity index (χ3n) is 3.23. The second-order valence-electron chi connectivity index (χ2n) is 4.68. The van der Waals surface area contributed by atoms with Gasteiger partial charge in [-0.1, -0.05) is 18.2 Å². The van der Waals surface area contributed by atoms with Gasteiger partial charge in [0.25, 0.3) is 0 Å². The zero-order valence-corrected chi connectivity index (χ0v) is 11.4. The molecule has 2 aromatic carbocycles. The Hall–Kier alpha value is -2.36. The Kier molecular flexibility index (Phi) is 4.03. The summed E-state index contributed by atoms with van der Waals surface area (Å²) in [6.45, 7) is 4.08. The lowest BCUT2D eigenvalue weighted by atomic mass is 10.0. The van der Waals surface area contributed by atoms with Gasteiger partial charge in [0.1, 0.15) is 12.4 Å². The molecule has 3 nitrogen and oxygen atoms in total. The fraction of sp³-hybridized carbons (Fsp3) is 0.188. The van der Waals surface area contributed by atoms with Crippen LogP contribution in [0, 0.1) is 19.7 Å². The Labute approximate surface area is 117 Å². The SMILES string of the molecule is Cc1cccc(C)c1COC(=O)c1ccc(N)c(F)c1. The quantitative estimate of drug-likeness (QED) is 0.689. The van der Waals surface area contributed by atoms with E-state index in [2.05, 4.69) is 0 Å². The van der Waals surface area contributed by atoms with E-state index < -0.39 is 11.8 Å². The molecule has 20 heavy (non-hydrogen) atoms. The van der Waals surface area contributed by atoms with Gasteiger partial charge in [0, 0.05) is 0 Å². The molecule has 0 saturated heterocycles. The van der Waals surface area contributed by atoms with Crippen molar-refractivity contribution in [3.8, 4) is 0 Å². The summed E-state index contributed by atoms with van der Waals surface area (Å²) < 4.78 is 18.5. The fourth-order valence-electron chi connectivity index (χ4n) is 1.95. The van der Waals surface area contributed by atoms with Crippen molar-refractivity contribution in [3.05, 3.63) is 64.5 Å². The van der Waals surface area contributed by atoms with Crippen LogP contribution in [0.3, 0.4) is 0 Å². The minimum absolute atomic E-state index is 0.0105. The van der Waals surface area contributed by atoms with Crippen LogP contribution >= 0.6 is 0 Å². The first-order chi connectivity index (χ1) is 9.49. The Bertz CT molecular complexity index is 633. The number of benzene rings is 2. The van der Waals surface area contributed by atoms with E-state index in [4.69, 9.17) is 10.5 Å². The van der Waals surface area contributed by atoms with Gasteiger partial charge in [0.2, 0.25) is 0 Å². The van der Waals surface area contributed by atoms with E-state index in [1.165, 1.54) is 12.1 Å². The number of carbonyl (C=O) groups excluding carboxylic acids is 1. The first-order valence-electron chi connectivity index (χ1n) is 6.26. The fourth-order valence-corrected chi connectivity index (χ4v) is 1.95. The molecule has 0 aliphatic rings.